The Hall–Kier alpha value is -1.26. The molecule has 0 bridgehead atoms. The van der Waals surface area contributed by atoms with Crippen LogP contribution in [0.4, 0.5) is 0 Å². The standard InChI is InChI=1S/C10H14O2.C6H12O6/c1-11-8-7-9-3-5-10(12-2)6-4-9;7-1-2-3(8)4(9)5(10)6(11)12-2/h3-6H,7-8H2,1-2H3;2-11H,1H2/t;2-,3-,4+,5-,6?/m.1/s1. The molecule has 1 aromatic carbocycles. The normalized spacial score (nSPS) is 29.5. The van der Waals surface area contributed by atoms with Gasteiger partial charge in [-0.2, -0.15) is 0 Å². The van der Waals surface area contributed by atoms with Crippen LogP contribution < -0.4 is 4.74 Å². The quantitative estimate of drug-likeness (QED) is 0.443. The summed E-state index contributed by atoms with van der Waals surface area (Å²) in [6.07, 6.45) is -6.08. The molecule has 1 aromatic rings. The second kappa shape index (κ2) is 10.6. The molecule has 2 rings (SSSR count). The number of aliphatic hydroxyl groups excluding tert-OH is 5. The maximum atomic E-state index is 9.12. The van der Waals surface area contributed by atoms with Gasteiger partial charge in [0.15, 0.2) is 6.29 Å². The number of rotatable bonds is 5. The van der Waals surface area contributed by atoms with Gasteiger partial charge >= 0.3 is 0 Å². The summed E-state index contributed by atoms with van der Waals surface area (Å²) in [6.45, 7) is 0.244. The van der Waals surface area contributed by atoms with Gasteiger partial charge in [0, 0.05) is 7.11 Å². The largest absolute Gasteiger partial charge is 0.497 e. The second-order valence-electron chi connectivity index (χ2n) is 5.31. The first kappa shape index (κ1) is 20.8. The molecule has 0 aromatic heterocycles. The molecule has 5 N–H and O–H groups in total. The molecule has 0 aliphatic carbocycles. The van der Waals surface area contributed by atoms with E-state index in [4.69, 9.17) is 35.0 Å². The van der Waals surface area contributed by atoms with Gasteiger partial charge in [0.25, 0.3) is 0 Å². The number of aliphatic hydroxyl groups is 5. The van der Waals surface area contributed by atoms with Crippen LogP contribution in [-0.2, 0) is 15.9 Å². The summed E-state index contributed by atoms with van der Waals surface area (Å²) in [6, 6.07) is 8.03. The van der Waals surface area contributed by atoms with Crippen molar-refractivity contribution in [1.82, 2.24) is 0 Å². The SMILES string of the molecule is COCCc1ccc(OC)cc1.OC[C@H]1OC(O)[C@H](O)[C@@H](O)[C@@H]1O. The fourth-order valence-electron chi connectivity index (χ4n) is 2.09. The maximum absolute atomic E-state index is 9.12. The van der Waals surface area contributed by atoms with Crippen molar-refractivity contribution >= 4 is 0 Å². The average Bonchev–Trinajstić information content (AvgIpc) is 2.62. The summed E-state index contributed by atoms with van der Waals surface area (Å²) in [5, 5.41) is 44.7. The Bertz CT molecular complexity index is 447. The monoisotopic (exact) mass is 346 g/mol. The molecular formula is C16H26O8. The van der Waals surface area contributed by atoms with Gasteiger partial charge in [-0.05, 0) is 24.1 Å². The highest BCUT2D eigenvalue weighted by Gasteiger charge is 2.42. The molecule has 5 atom stereocenters. The van der Waals surface area contributed by atoms with Crippen molar-refractivity contribution in [2.75, 3.05) is 27.4 Å². The minimum absolute atomic E-state index is 0.526. The van der Waals surface area contributed by atoms with E-state index in [0.29, 0.717) is 0 Å². The summed E-state index contributed by atoms with van der Waals surface area (Å²) in [5.74, 6) is 0.899. The topological polar surface area (TPSA) is 129 Å². The van der Waals surface area contributed by atoms with Crippen LogP contribution in [0, 0.1) is 0 Å². The van der Waals surface area contributed by atoms with Crippen molar-refractivity contribution in [3.8, 4) is 5.75 Å². The molecule has 0 saturated carbocycles. The van der Waals surface area contributed by atoms with Crippen molar-refractivity contribution in [2.45, 2.75) is 37.1 Å². The van der Waals surface area contributed by atoms with E-state index in [9.17, 15) is 0 Å². The lowest BCUT2D eigenvalue weighted by Crippen LogP contribution is -2.58. The molecule has 8 heteroatoms. The molecule has 0 spiro atoms. The van der Waals surface area contributed by atoms with Crippen LogP contribution in [0.15, 0.2) is 24.3 Å². The van der Waals surface area contributed by atoms with Gasteiger partial charge in [-0.25, -0.2) is 0 Å². The maximum Gasteiger partial charge on any atom is 0.184 e. The van der Waals surface area contributed by atoms with E-state index in [0.717, 1.165) is 18.8 Å². The third kappa shape index (κ3) is 5.99. The Morgan fingerprint density at radius 3 is 2.08 bits per heavy atom. The van der Waals surface area contributed by atoms with E-state index in [1.165, 1.54) is 5.56 Å². The lowest BCUT2D eigenvalue weighted by Gasteiger charge is -2.37. The van der Waals surface area contributed by atoms with E-state index < -0.39 is 37.3 Å². The minimum Gasteiger partial charge on any atom is -0.497 e. The zero-order valence-corrected chi connectivity index (χ0v) is 13.8. The van der Waals surface area contributed by atoms with Crippen molar-refractivity contribution in [3.05, 3.63) is 29.8 Å². The van der Waals surface area contributed by atoms with Gasteiger partial charge < -0.3 is 39.7 Å². The number of ether oxygens (including phenoxy) is 3. The van der Waals surface area contributed by atoms with Crippen LogP contribution in [0.25, 0.3) is 0 Å². The summed E-state index contributed by atoms with van der Waals surface area (Å²) < 4.78 is 14.6. The second-order valence-corrected chi connectivity index (χ2v) is 5.31. The fourth-order valence-corrected chi connectivity index (χ4v) is 2.09. The van der Waals surface area contributed by atoms with Crippen LogP contribution in [0.1, 0.15) is 5.56 Å². The number of hydrogen-bond acceptors (Lipinski definition) is 8. The zero-order valence-electron chi connectivity index (χ0n) is 13.8. The Balaban J connectivity index is 0.000000240. The predicted octanol–water partition coefficient (Wildman–Crippen LogP) is -1.34. The van der Waals surface area contributed by atoms with Gasteiger partial charge in [0.05, 0.1) is 20.3 Å². The van der Waals surface area contributed by atoms with Crippen LogP contribution in [0.3, 0.4) is 0 Å². The Labute approximate surface area is 140 Å². The average molecular weight is 346 g/mol. The summed E-state index contributed by atoms with van der Waals surface area (Å²) in [4.78, 5) is 0. The highest BCUT2D eigenvalue weighted by atomic mass is 16.6. The lowest BCUT2D eigenvalue weighted by atomic mass is 10.00. The van der Waals surface area contributed by atoms with E-state index >= 15 is 0 Å². The number of hydrogen-bond donors (Lipinski definition) is 5. The third-order valence-electron chi connectivity index (χ3n) is 3.62. The Morgan fingerprint density at radius 2 is 1.58 bits per heavy atom. The molecule has 0 radical (unpaired) electrons. The van der Waals surface area contributed by atoms with Crippen molar-refractivity contribution < 1.29 is 39.7 Å². The Morgan fingerprint density at radius 1 is 0.958 bits per heavy atom. The summed E-state index contributed by atoms with van der Waals surface area (Å²) in [5.41, 5.74) is 1.28. The first-order valence-corrected chi connectivity index (χ1v) is 7.55. The molecule has 1 saturated heterocycles. The van der Waals surface area contributed by atoms with Gasteiger partial charge in [-0.15, -0.1) is 0 Å². The van der Waals surface area contributed by atoms with E-state index in [1.54, 1.807) is 14.2 Å². The third-order valence-corrected chi connectivity index (χ3v) is 3.62. The number of benzene rings is 1. The first-order valence-electron chi connectivity index (χ1n) is 7.55. The van der Waals surface area contributed by atoms with Crippen LogP contribution in [0.5, 0.6) is 5.75 Å². The predicted molar refractivity (Wildman–Crippen MR) is 84.6 cm³/mol. The fraction of sp³-hybridized carbons (Fsp3) is 0.625. The van der Waals surface area contributed by atoms with Gasteiger partial charge in [0.1, 0.15) is 30.2 Å². The molecule has 1 aliphatic heterocycles. The van der Waals surface area contributed by atoms with Gasteiger partial charge in [0.2, 0.25) is 0 Å². The summed E-state index contributed by atoms with van der Waals surface area (Å²) in [7, 11) is 3.38. The van der Waals surface area contributed by atoms with Crippen LogP contribution >= 0.6 is 0 Å². The number of methoxy groups -OCH3 is 2. The Kier molecular flexibility index (Phi) is 9.16. The van der Waals surface area contributed by atoms with Crippen LogP contribution in [-0.4, -0.2) is 83.7 Å². The molecule has 24 heavy (non-hydrogen) atoms. The zero-order chi connectivity index (χ0) is 18.1. The molecule has 1 unspecified atom stereocenters. The molecule has 1 aliphatic rings. The molecule has 0 amide bonds. The van der Waals surface area contributed by atoms with Crippen LogP contribution in [0.2, 0.25) is 0 Å². The lowest BCUT2D eigenvalue weighted by molar-refractivity contribution is -0.286. The van der Waals surface area contributed by atoms with E-state index in [1.807, 2.05) is 12.1 Å². The summed E-state index contributed by atoms with van der Waals surface area (Å²) >= 11 is 0. The van der Waals surface area contributed by atoms with Crippen molar-refractivity contribution in [3.63, 3.8) is 0 Å². The van der Waals surface area contributed by atoms with E-state index in [-0.39, 0.29) is 0 Å². The van der Waals surface area contributed by atoms with Crippen molar-refractivity contribution in [2.24, 2.45) is 0 Å². The molecule has 1 heterocycles. The van der Waals surface area contributed by atoms with Gasteiger partial charge in [-0.3, -0.25) is 0 Å². The highest BCUT2D eigenvalue weighted by Crippen LogP contribution is 2.19. The molecule has 1 fully saturated rings. The minimum atomic E-state index is -1.57. The molecule has 138 valence electrons. The smallest absolute Gasteiger partial charge is 0.184 e. The molecule has 8 nitrogen and oxygen atoms in total. The van der Waals surface area contributed by atoms with Crippen molar-refractivity contribution in [1.29, 1.82) is 0 Å². The highest BCUT2D eigenvalue weighted by molar-refractivity contribution is 5.27. The van der Waals surface area contributed by atoms with E-state index in [2.05, 4.69) is 16.9 Å². The molecular weight excluding hydrogens is 320 g/mol. The first-order chi connectivity index (χ1) is 11.4. The van der Waals surface area contributed by atoms with Gasteiger partial charge in [-0.1, -0.05) is 12.1 Å².